The van der Waals surface area contributed by atoms with E-state index < -0.39 is 40.6 Å². The first-order valence-electron chi connectivity index (χ1n) is 7.38. The predicted molar refractivity (Wildman–Crippen MR) is 85.4 cm³/mol. The molecule has 2 amide bonds. The molecule has 0 aliphatic carbocycles. The van der Waals surface area contributed by atoms with Crippen molar-refractivity contribution in [2.45, 2.75) is 77.9 Å². The lowest BCUT2D eigenvalue weighted by Crippen LogP contribution is -2.75. The minimum Gasteiger partial charge on any atom is -0.478 e. The van der Waals surface area contributed by atoms with Gasteiger partial charge in [0.25, 0.3) is 0 Å². The van der Waals surface area contributed by atoms with E-state index in [1.165, 1.54) is 0 Å². The summed E-state index contributed by atoms with van der Waals surface area (Å²) in [6.07, 6.45) is -2.24. The Bertz CT molecular complexity index is 465. The highest BCUT2D eigenvalue weighted by molar-refractivity contribution is 5.89. The molecule has 0 aliphatic rings. The molecular formula is C15H28N2O7. The van der Waals surface area contributed by atoms with Gasteiger partial charge in [0, 0.05) is 0 Å². The molecule has 0 rings (SSSR count). The van der Waals surface area contributed by atoms with Gasteiger partial charge in [-0.3, -0.25) is 10.6 Å². The molecule has 140 valence electrons. The highest BCUT2D eigenvalue weighted by atomic mass is 16.6. The lowest BCUT2D eigenvalue weighted by atomic mass is 9.91. The molecule has 0 saturated carbocycles. The molecule has 0 aromatic rings. The van der Waals surface area contributed by atoms with E-state index in [0.29, 0.717) is 0 Å². The van der Waals surface area contributed by atoms with Gasteiger partial charge in [-0.05, 0) is 55.4 Å². The van der Waals surface area contributed by atoms with Crippen LogP contribution < -0.4 is 10.6 Å². The molecule has 0 radical (unpaired) electrons. The molecule has 0 unspecified atom stereocenters. The monoisotopic (exact) mass is 348 g/mol. The van der Waals surface area contributed by atoms with Crippen molar-refractivity contribution in [1.29, 1.82) is 0 Å². The quantitative estimate of drug-likeness (QED) is 0.567. The Hall–Kier alpha value is -2.03. The van der Waals surface area contributed by atoms with E-state index in [1.54, 1.807) is 41.5 Å². The number of hydrogen-bond acceptors (Lipinski definition) is 6. The number of carboxylic acid groups (broad SMARTS) is 1. The Morgan fingerprint density at radius 3 is 1.21 bits per heavy atom. The maximum Gasteiger partial charge on any atom is 0.410 e. The van der Waals surface area contributed by atoms with Crippen LogP contribution in [-0.4, -0.2) is 50.8 Å². The molecule has 24 heavy (non-hydrogen) atoms. The summed E-state index contributed by atoms with van der Waals surface area (Å²) in [4.78, 5) is 35.8. The second-order valence-electron chi connectivity index (χ2n) is 7.87. The summed E-state index contributed by atoms with van der Waals surface area (Å²) in [5.41, 5.74) is -6.44. The normalized spacial score (nSPS) is 13.0. The number of rotatable bonds is 4. The summed E-state index contributed by atoms with van der Waals surface area (Å²) in [6, 6.07) is 0. The minimum absolute atomic E-state index is 0.903. The van der Waals surface area contributed by atoms with Crippen molar-refractivity contribution in [2.24, 2.45) is 0 Å². The van der Waals surface area contributed by atoms with Crippen molar-refractivity contribution in [3.05, 3.63) is 0 Å². The molecule has 0 aromatic heterocycles. The summed E-state index contributed by atoms with van der Waals surface area (Å²) in [5.74, 6) is -1.69. The number of carbonyl (C=O) groups excluding carboxylic acids is 2. The first kappa shape index (κ1) is 22.0. The fourth-order valence-corrected chi connectivity index (χ4v) is 1.62. The second-order valence-corrected chi connectivity index (χ2v) is 7.87. The summed E-state index contributed by atoms with van der Waals surface area (Å²) in [5, 5.41) is 23.9. The van der Waals surface area contributed by atoms with Gasteiger partial charge in [0.05, 0.1) is 0 Å². The van der Waals surface area contributed by atoms with Crippen LogP contribution in [0.2, 0.25) is 0 Å². The SMILES string of the molecule is CC(C)(C)OC(=O)NC(NC(=O)OC(C)(C)C)(C(=O)O)C(C)(C)O. The summed E-state index contributed by atoms with van der Waals surface area (Å²) < 4.78 is 10.0. The molecule has 9 heteroatoms. The third-order valence-electron chi connectivity index (χ3n) is 2.62. The number of amides is 2. The van der Waals surface area contributed by atoms with Gasteiger partial charge in [0.15, 0.2) is 0 Å². The van der Waals surface area contributed by atoms with E-state index in [0.717, 1.165) is 13.8 Å². The van der Waals surface area contributed by atoms with E-state index in [2.05, 4.69) is 0 Å². The van der Waals surface area contributed by atoms with E-state index in [4.69, 9.17) is 9.47 Å². The Kier molecular flexibility index (Phi) is 6.26. The maximum atomic E-state index is 12.0. The topological polar surface area (TPSA) is 134 Å². The molecule has 9 nitrogen and oxygen atoms in total. The van der Waals surface area contributed by atoms with Gasteiger partial charge in [-0.2, -0.15) is 0 Å². The van der Waals surface area contributed by atoms with E-state index in [9.17, 15) is 24.6 Å². The van der Waals surface area contributed by atoms with E-state index in [-0.39, 0.29) is 0 Å². The van der Waals surface area contributed by atoms with Gasteiger partial charge < -0.3 is 19.7 Å². The number of nitrogens with one attached hydrogen (secondary N) is 2. The molecular weight excluding hydrogens is 320 g/mol. The van der Waals surface area contributed by atoms with Crippen LogP contribution in [0.15, 0.2) is 0 Å². The zero-order valence-corrected chi connectivity index (χ0v) is 15.4. The minimum atomic E-state index is -2.56. The van der Waals surface area contributed by atoms with Gasteiger partial charge >= 0.3 is 18.2 Å². The van der Waals surface area contributed by atoms with Crippen LogP contribution >= 0.6 is 0 Å². The third-order valence-corrected chi connectivity index (χ3v) is 2.62. The first-order valence-corrected chi connectivity index (χ1v) is 7.38. The zero-order valence-electron chi connectivity index (χ0n) is 15.4. The van der Waals surface area contributed by atoms with E-state index in [1.807, 2.05) is 10.6 Å². The van der Waals surface area contributed by atoms with Crippen LogP contribution in [0.4, 0.5) is 9.59 Å². The van der Waals surface area contributed by atoms with Gasteiger partial charge in [-0.15, -0.1) is 0 Å². The van der Waals surface area contributed by atoms with Crippen molar-refractivity contribution in [2.75, 3.05) is 0 Å². The fourth-order valence-electron chi connectivity index (χ4n) is 1.62. The number of carboxylic acids is 1. The Morgan fingerprint density at radius 1 is 0.750 bits per heavy atom. The van der Waals surface area contributed by atoms with Crippen LogP contribution in [0.5, 0.6) is 0 Å². The van der Waals surface area contributed by atoms with Crippen molar-refractivity contribution in [3.8, 4) is 0 Å². The average Bonchev–Trinajstić information content (AvgIpc) is 2.19. The molecule has 0 fully saturated rings. The van der Waals surface area contributed by atoms with Gasteiger partial charge in [-0.1, -0.05) is 0 Å². The van der Waals surface area contributed by atoms with Gasteiger partial charge in [-0.25, -0.2) is 14.4 Å². The smallest absolute Gasteiger partial charge is 0.410 e. The number of aliphatic carboxylic acids is 1. The van der Waals surface area contributed by atoms with Crippen LogP contribution in [0.1, 0.15) is 55.4 Å². The second kappa shape index (κ2) is 6.84. The van der Waals surface area contributed by atoms with Crippen molar-refractivity contribution < 1.29 is 34.1 Å². The fraction of sp³-hybridized carbons (Fsp3) is 0.800. The molecule has 4 N–H and O–H groups in total. The number of hydrogen-bond donors (Lipinski definition) is 4. The molecule has 0 atom stereocenters. The third kappa shape index (κ3) is 6.61. The van der Waals surface area contributed by atoms with Crippen LogP contribution in [0, 0.1) is 0 Å². The van der Waals surface area contributed by atoms with Crippen molar-refractivity contribution >= 4 is 18.2 Å². The lowest BCUT2D eigenvalue weighted by Gasteiger charge is -2.40. The van der Waals surface area contributed by atoms with Crippen LogP contribution in [0.3, 0.4) is 0 Å². The van der Waals surface area contributed by atoms with Gasteiger partial charge in [0.1, 0.15) is 16.8 Å². The van der Waals surface area contributed by atoms with E-state index >= 15 is 0 Å². The molecule has 0 bridgehead atoms. The molecule has 0 aliphatic heterocycles. The highest BCUT2D eigenvalue weighted by Crippen LogP contribution is 2.22. The molecule has 0 heterocycles. The largest absolute Gasteiger partial charge is 0.478 e. The zero-order chi connectivity index (χ0) is 19.6. The number of alkyl carbamates (subject to hydrolysis) is 2. The van der Waals surface area contributed by atoms with Gasteiger partial charge in [0.2, 0.25) is 5.66 Å². The Labute approximate surface area is 141 Å². The summed E-state index contributed by atoms with van der Waals surface area (Å²) in [7, 11) is 0. The molecule has 0 spiro atoms. The number of ether oxygens (including phenoxy) is 2. The standard InChI is InChI=1S/C15H28N2O7/c1-12(2,3)23-10(20)16-15(9(18)19,14(7,8)22)17-11(21)24-13(4,5)6/h22H,1-8H3,(H,16,20)(H,17,21)(H,18,19). The van der Waals surface area contributed by atoms with Crippen molar-refractivity contribution in [3.63, 3.8) is 0 Å². The summed E-state index contributed by atoms with van der Waals surface area (Å²) >= 11 is 0. The van der Waals surface area contributed by atoms with Crippen LogP contribution in [-0.2, 0) is 14.3 Å². The average molecular weight is 348 g/mol. The Balaban J connectivity index is 5.65. The van der Waals surface area contributed by atoms with Crippen LogP contribution in [0.25, 0.3) is 0 Å². The Morgan fingerprint density at radius 2 is 1.04 bits per heavy atom. The lowest BCUT2D eigenvalue weighted by molar-refractivity contribution is -0.159. The summed E-state index contributed by atoms with van der Waals surface area (Å²) in [6.45, 7) is 11.7. The molecule has 0 aromatic carbocycles. The molecule has 0 saturated heterocycles. The first-order chi connectivity index (χ1) is 10.4. The van der Waals surface area contributed by atoms with Crippen molar-refractivity contribution in [1.82, 2.24) is 10.6 Å². The highest BCUT2D eigenvalue weighted by Gasteiger charge is 2.55. The predicted octanol–water partition coefficient (Wildman–Crippen LogP) is 1.59. The number of carbonyl (C=O) groups is 3. The number of aliphatic hydroxyl groups is 1. The maximum absolute atomic E-state index is 12.0.